The van der Waals surface area contributed by atoms with Crippen molar-refractivity contribution < 1.29 is 9.53 Å². The number of urea groups is 1. The van der Waals surface area contributed by atoms with Crippen LogP contribution in [0.4, 0.5) is 4.79 Å². The van der Waals surface area contributed by atoms with E-state index < -0.39 is 0 Å². The number of carbonyl (C=O) groups is 1. The van der Waals surface area contributed by atoms with E-state index >= 15 is 0 Å². The van der Waals surface area contributed by atoms with Crippen molar-refractivity contribution in [3.63, 3.8) is 0 Å². The molecule has 2 aliphatic rings. The summed E-state index contributed by atoms with van der Waals surface area (Å²) in [5.74, 6) is 0. The quantitative estimate of drug-likeness (QED) is 0.537. The molecule has 1 atom stereocenters. The number of aryl methyl sites for hydroxylation is 1. The molecule has 174 valence electrons. The smallest absolute Gasteiger partial charge is 0.317 e. The molecule has 0 spiro atoms. The number of pyridine rings is 1. The van der Waals surface area contributed by atoms with Crippen LogP contribution in [0.1, 0.15) is 42.1 Å². The number of hydrogen-bond donors (Lipinski definition) is 3. The van der Waals surface area contributed by atoms with Crippen LogP contribution in [-0.4, -0.2) is 53.7 Å². The van der Waals surface area contributed by atoms with Crippen LogP contribution in [-0.2, 0) is 24.1 Å². The fraction of sp³-hybridized carbons (Fsp3) is 0.440. The average Bonchev–Trinajstić information content (AvgIpc) is 3.17. The van der Waals surface area contributed by atoms with Crippen LogP contribution in [0.2, 0.25) is 5.15 Å². The average molecular weight is 468 g/mol. The number of benzene rings is 1. The highest BCUT2D eigenvalue weighted by atomic mass is 35.5. The zero-order valence-electron chi connectivity index (χ0n) is 19.1. The van der Waals surface area contributed by atoms with Crippen LogP contribution >= 0.6 is 11.6 Å². The second-order valence-corrected chi connectivity index (χ2v) is 9.06. The molecule has 2 aliphatic heterocycles. The molecule has 0 aliphatic carbocycles. The van der Waals surface area contributed by atoms with Crippen LogP contribution in [0.25, 0.3) is 22.2 Å². The third-order valence-electron chi connectivity index (χ3n) is 6.68. The number of aromatic nitrogens is 2. The summed E-state index contributed by atoms with van der Waals surface area (Å²) in [7, 11) is 0. The summed E-state index contributed by atoms with van der Waals surface area (Å²) in [5, 5.41) is 8.27. The van der Waals surface area contributed by atoms with Gasteiger partial charge in [-0.2, -0.15) is 0 Å². The first kappa shape index (κ1) is 22.2. The summed E-state index contributed by atoms with van der Waals surface area (Å²) in [6, 6.07) is 6.79. The van der Waals surface area contributed by atoms with E-state index in [2.05, 4.69) is 45.7 Å². The number of ether oxygens (including phenoxy) is 1. The number of morpholine rings is 1. The van der Waals surface area contributed by atoms with E-state index in [4.69, 9.17) is 16.3 Å². The van der Waals surface area contributed by atoms with Gasteiger partial charge in [-0.25, -0.2) is 9.78 Å². The van der Waals surface area contributed by atoms with Gasteiger partial charge >= 0.3 is 6.03 Å². The maximum absolute atomic E-state index is 12.5. The first-order valence-electron chi connectivity index (χ1n) is 11.7. The standard InChI is InChI=1S/C25H30ClN5O2/c1-3-18-20-11-17(12-29-24(20)30-23(18)26)16-9-15-5-7-31(25(32)27-4-2)13-21(15)19(10-16)22-14-33-8-6-28-22/h9-12,22,28H,3-8,13-14H2,1-2H3,(H,27,32)(H,29,30)/t22-/m0/s1. The van der Waals surface area contributed by atoms with Gasteiger partial charge in [-0.15, -0.1) is 0 Å². The molecule has 1 saturated heterocycles. The van der Waals surface area contributed by atoms with Gasteiger partial charge in [-0.3, -0.25) is 0 Å². The molecule has 4 heterocycles. The molecule has 1 aromatic carbocycles. The highest BCUT2D eigenvalue weighted by molar-refractivity contribution is 6.31. The zero-order valence-corrected chi connectivity index (χ0v) is 19.9. The molecule has 0 bridgehead atoms. The van der Waals surface area contributed by atoms with Gasteiger partial charge in [0.2, 0.25) is 0 Å². The van der Waals surface area contributed by atoms with Crippen molar-refractivity contribution in [2.45, 2.75) is 39.3 Å². The lowest BCUT2D eigenvalue weighted by molar-refractivity contribution is 0.0763. The highest BCUT2D eigenvalue weighted by Gasteiger charge is 2.27. The molecule has 0 radical (unpaired) electrons. The van der Waals surface area contributed by atoms with Crippen molar-refractivity contribution in [3.05, 3.63) is 51.8 Å². The zero-order chi connectivity index (χ0) is 22.9. The number of halogens is 1. The van der Waals surface area contributed by atoms with Crippen molar-refractivity contribution in [2.24, 2.45) is 0 Å². The number of aromatic amines is 1. The van der Waals surface area contributed by atoms with Crippen molar-refractivity contribution in [1.82, 2.24) is 25.5 Å². The number of rotatable bonds is 4. The van der Waals surface area contributed by atoms with E-state index in [0.29, 0.717) is 31.4 Å². The predicted molar refractivity (Wildman–Crippen MR) is 131 cm³/mol. The molecule has 2 aromatic heterocycles. The normalized spacial score (nSPS) is 18.4. The molecule has 8 heteroatoms. The highest BCUT2D eigenvalue weighted by Crippen LogP contribution is 2.35. The summed E-state index contributed by atoms with van der Waals surface area (Å²) in [6.07, 6.45) is 3.58. The SMILES string of the molecule is CCNC(=O)N1CCc2cc(-c3cnc4[nH]c(Cl)c(CC)c4c3)cc([C@@H]3COCCN3)c2C1. The second kappa shape index (κ2) is 9.33. The first-order chi connectivity index (χ1) is 16.1. The molecule has 33 heavy (non-hydrogen) atoms. The predicted octanol–water partition coefficient (Wildman–Crippen LogP) is 4.19. The van der Waals surface area contributed by atoms with Crippen LogP contribution in [0, 0.1) is 0 Å². The molecule has 2 amide bonds. The lowest BCUT2D eigenvalue weighted by atomic mass is 9.87. The van der Waals surface area contributed by atoms with Gasteiger partial charge in [0.1, 0.15) is 10.8 Å². The Morgan fingerprint density at radius 1 is 1.30 bits per heavy atom. The Balaban J connectivity index is 1.58. The van der Waals surface area contributed by atoms with Crippen LogP contribution < -0.4 is 10.6 Å². The molecule has 3 aromatic rings. The molecule has 7 nitrogen and oxygen atoms in total. The van der Waals surface area contributed by atoms with Crippen LogP contribution in [0.15, 0.2) is 24.4 Å². The fourth-order valence-electron chi connectivity index (χ4n) is 4.97. The van der Waals surface area contributed by atoms with E-state index in [1.807, 2.05) is 18.0 Å². The van der Waals surface area contributed by atoms with Crippen molar-refractivity contribution in [2.75, 3.05) is 32.8 Å². The largest absolute Gasteiger partial charge is 0.378 e. The number of fused-ring (bicyclic) bond motifs is 2. The molecular formula is C25H30ClN5O2. The summed E-state index contributed by atoms with van der Waals surface area (Å²) in [4.78, 5) is 22.3. The van der Waals surface area contributed by atoms with Crippen LogP contribution in [0.5, 0.6) is 0 Å². The van der Waals surface area contributed by atoms with Gasteiger partial charge in [-0.1, -0.05) is 24.6 Å². The maximum Gasteiger partial charge on any atom is 0.317 e. The molecule has 0 unspecified atom stereocenters. The molecule has 5 rings (SSSR count). The van der Waals surface area contributed by atoms with Gasteiger partial charge in [-0.05, 0) is 59.7 Å². The van der Waals surface area contributed by atoms with Crippen molar-refractivity contribution in [1.29, 1.82) is 0 Å². The van der Waals surface area contributed by atoms with Gasteiger partial charge in [0, 0.05) is 43.3 Å². The minimum Gasteiger partial charge on any atom is -0.378 e. The summed E-state index contributed by atoms with van der Waals surface area (Å²) < 4.78 is 5.79. The van der Waals surface area contributed by atoms with Gasteiger partial charge < -0.3 is 25.3 Å². The maximum atomic E-state index is 12.5. The number of nitrogens with zero attached hydrogens (tertiary/aromatic N) is 2. The Labute approximate surface area is 198 Å². The lowest BCUT2D eigenvalue weighted by Gasteiger charge is -2.34. The monoisotopic (exact) mass is 467 g/mol. The van der Waals surface area contributed by atoms with Crippen molar-refractivity contribution >= 4 is 28.7 Å². The number of nitrogens with one attached hydrogen (secondary N) is 3. The van der Waals surface area contributed by atoms with Crippen molar-refractivity contribution in [3.8, 4) is 11.1 Å². The Hall–Kier alpha value is -2.61. The number of amides is 2. The summed E-state index contributed by atoms with van der Waals surface area (Å²) in [5.41, 5.74) is 7.85. The van der Waals surface area contributed by atoms with E-state index in [1.54, 1.807) is 0 Å². The summed E-state index contributed by atoms with van der Waals surface area (Å²) in [6.45, 7) is 8.17. The first-order valence-corrected chi connectivity index (χ1v) is 12.1. The number of H-pyrrole nitrogens is 1. The third kappa shape index (κ3) is 4.21. The Morgan fingerprint density at radius 3 is 2.94 bits per heavy atom. The molecule has 1 fully saturated rings. The molecule has 0 saturated carbocycles. The topological polar surface area (TPSA) is 82.3 Å². The van der Waals surface area contributed by atoms with E-state index in [1.165, 1.54) is 16.7 Å². The van der Waals surface area contributed by atoms with Crippen LogP contribution in [0.3, 0.4) is 0 Å². The minimum absolute atomic E-state index is 0.00267. The molecular weight excluding hydrogens is 438 g/mol. The fourth-order valence-corrected chi connectivity index (χ4v) is 5.30. The number of carbonyl (C=O) groups excluding carboxylic acids is 1. The number of hydrogen-bond acceptors (Lipinski definition) is 4. The Morgan fingerprint density at radius 2 is 2.18 bits per heavy atom. The van der Waals surface area contributed by atoms with Gasteiger partial charge in [0.15, 0.2) is 0 Å². The van der Waals surface area contributed by atoms with E-state index in [9.17, 15) is 4.79 Å². The Bertz CT molecular complexity index is 1190. The van der Waals surface area contributed by atoms with E-state index in [-0.39, 0.29) is 12.1 Å². The summed E-state index contributed by atoms with van der Waals surface area (Å²) >= 11 is 6.39. The minimum atomic E-state index is -0.00267. The van der Waals surface area contributed by atoms with Gasteiger partial charge in [0.05, 0.1) is 19.3 Å². The second-order valence-electron chi connectivity index (χ2n) is 8.68. The van der Waals surface area contributed by atoms with E-state index in [0.717, 1.165) is 53.7 Å². The lowest BCUT2D eigenvalue weighted by Crippen LogP contribution is -2.43. The van der Waals surface area contributed by atoms with Gasteiger partial charge in [0.25, 0.3) is 0 Å². The third-order valence-corrected chi connectivity index (χ3v) is 7.00. The Kier molecular flexibility index (Phi) is 6.27. The molecule has 3 N–H and O–H groups in total.